The highest BCUT2D eigenvalue weighted by Crippen LogP contribution is 2.53. The lowest BCUT2D eigenvalue weighted by atomic mass is 9.78. The molecule has 0 saturated carbocycles. The molecule has 0 amide bonds. The minimum absolute atomic E-state index is 0.206. The van der Waals surface area contributed by atoms with E-state index in [2.05, 4.69) is 183 Å². The molecule has 0 fully saturated rings. The Morgan fingerprint density at radius 3 is 2.21 bits per heavy atom. The van der Waals surface area contributed by atoms with Crippen molar-refractivity contribution in [2.75, 3.05) is 0 Å². The topological polar surface area (TPSA) is 37.6 Å². The molecule has 0 N–H and O–H groups in total. The predicted octanol–water partition coefficient (Wildman–Crippen LogP) is 10.3. The second-order valence-electron chi connectivity index (χ2n) is 14.1. The highest BCUT2D eigenvalue weighted by atomic mass is 14.9. The maximum atomic E-state index is 5.38. The number of aromatic nitrogens is 1. The summed E-state index contributed by atoms with van der Waals surface area (Å²) in [4.78, 5) is 13.7. The van der Waals surface area contributed by atoms with E-state index in [0.717, 1.165) is 23.2 Å². The third kappa shape index (κ3) is 4.92. The zero-order valence-corrected chi connectivity index (χ0v) is 29.4. The Morgan fingerprint density at radius 2 is 1.42 bits per heavy atom. The van der Waals surface area contributed by atoms with Crippen LogP contribution < -0.4 is 10.4 Å². The van der Waals surface area contributed by atoms with Crippen molar-refractivity contribution in [1.82, 2.24) is 4.98 Å². The van der Waals surface area contributed by atoms with Gasteiger partial charge in [-0.25, -0.2) is 15.0 Å². The summed E-state index contributed by atoms with van der Waals surface area (Å²) >= 11 is 0. The Kier molecular flexibility index (Phi) is 7.52. The number of pyridine rings is 1. The normalized spacial score (nSPS) is 14.5. The van der Waals surface area contributed by atoms with Gasteiger partial charge in [0.15, 0.2) is 5.84 Å². The van der Waals surface area contributed by atoms with Crippen molar-refractivity contribution < 1.29 is 0 Å². The summed E-state index contributed by atoms with van der Waals surface area (Å²) in [5, 5.41) is 6.14. The van der Waals surface area contributed by atoms with E-state index in [9.17, 15) is 0 Å². The van der Waals surface area contributed by atoms with E-state index in [4.69, 9.17) is 4.98 Å². The minimum atomic E-state index is -0.206. The molecule has 7 aromatic rings. The van der Waals surface area contributed by atoms with E-state index < -0.39 is 0 Å². The Morgan fingerprint density at radius 1 is 0.731 bits per heavy atom. The molecule has 2 aliphatic rings. The maximum absolute atomic E-state index is 5.38. The van der Waals surface area contributed by atoms with Gasteiger partial charge in [0.1, 0.15) is 0 Å². The van der Waals surface area contributed by atoms with Crippen LogP contribution in [0.5, 0.6) is 0 Å². The van der Waals surface area contributed by atoms with Crippen LogP contribution in [-0.2, 0) is 5.41 Å². The van der Waals surface area contributed by atoms with Gasteiger partial charge in [-0.1, -0.05) is 160 Å². The molecule has 0 aliphatic heterocycles. The lowest BCUT2D eigenvalue weighted by molar-refractivity contribution is 0.662. The molecule has 3 heteroatoms. The first kappa shape index (κ1) is 31.5. The van der Waals surface area contributed by atoms with Crippen molar-refractivity contribution in [3.8, 4) is 22.4 Å². The standard InChI is InChI=1S/C49H37N3/c1-5-51-48(50-4)35-27-23-33(24-28-35)37-19-12-18-36(39-15-8-9-16-40(37)39)32-21-25-34(26-22-32)44-45-38-14-7-6-13-31(38)29-30-43(45)52-47-41-17-10-11-20-42(41)49(2,3)46(44)47/h5-18,20-30H,1,4,19H2,2-3H3. The fraction of sp³-hybridized carbons (Fsp3) is 0.0816. The van der Waals surface area contributed by atoms with Gasteiger partial charge < -0.3 is 0 Å². The summed E-state index contributed by atoms with van der Waals surface area (Å²) in [5.41, 5.74) is 14.0. The quantitative estimate of drug-likeness (QED) is 0.102. The number of rotatable bonds is 5. The second-order valence-corrected chi connectivity index (χ2v) is 14.1. The molecule has 0 unspecified atom stereocenters. The van der Waals surface area contributed by atoms with Gasteiger partial charge in [0.05, 0.1) is 11.2 Å². The second kappa shape index (κ2) is 12.4. The predicted molar refractivity (Wildman–Crippen MR) is 219 cm³/mol. The van der Waals surface area contributed by atoms with Crippen LogP contribution >= 0.6 is 0 Å². The molecule has 6 aromatic carbocycles. The molecule has 9 rings (SSSR count). The number of aliphatic imine (C=N–C) groups is 2. The van der Waals surface area contributed by atoms with Crippen molar-refractivity contribution in [2.45, 2.75) is 25.7 Å². The Balaban J connectivity index is 1.23. The number of allylic oxidation sites excluding steroid dienone is 2. The number of hydrogen-bond donors (Lipinski definition) is 0. The molecule has 52 heavy (non-hydrogen) atoms. The van der Waals surface area contributed by atoms with E-state index in [0.29, 0.717) is 5.84 Å². The summed E-state index contributed by atoms with van der Waals surface area (Å²) in [7, 11) is 0. The monoisotopic (exact) mass is 667 g/mol. The molecule has 1 aromatic heterocycles. The molecule has 2 aliphatic carbocycles. The lowest BCUT2D eigenvalue weighted by Gasteiger charge is -2.25. The van der Waals surface area contributed by atoms with E-state index in [1.165, 1.54) is 82.9 Å². The van der Waals surface area contributed by atoms with Crippen LogP contribution in [0.15, 0.2) is 168 Å². The van der Waals surface area contributed by atoms with E-state index in [1.807, 2.05) is 0 Å². The lowest BCUT2D eigenvalue weighted by Crippen LogP contribution is -2.28. The van der Waals surface area contributed by atoms with Crippen LogP contribution in [0, 0.1) is 0 Å². The number of fused-ring (bicyclic) bond motifs is 7. The number of benzene rings is 6. The van der Waals surface area contributed by atoms with Crippen LogP contribution in [0.1, 0.15) is 48.1 Å². The maximum Gasteiger partial charge on any atom is 0.158 e. The van der Waals surface area contributed by atoms with Gasteiger partial charge >= 0.3 is 0 Å². The van der Waals surface area contributed by atoms with Crippen LogP contribution in [0.25, 0.3) is 55.2 Å². The SMILES string of the molecule is C=CN=C(N=C)c1ccc(C2=c3ccccc3=C(c3ccc(-c4c5c(nc6ccc7ccccc7c46)-c4ccccc4C5(C)C)cc3)C=CC2)cc1. The first-order valence-corrected chi connectivity index (χ1v) is 17.8. The molecule has 0 bridgehead atoms. The minimum Gasteiger partial charge on any atom is -0.247 e. The van der Waals surface area contributed by atoms with Gasteiger partial charge in [-0.2, -0.15) is 0 Å². The molecule has 248 valence electrons. The van der Waals surface area contributed by atoms with Gasteiger partial charge in [-0.3, -0.25) is 0 Å². The average Bonchev–Trinajstić information content (AvgIpc) is 3.29. The van der Waals surface area contributed by atoms with E-state index >= 15 is 0 Å². The van der Waals surface area contributed by atoms with Crippen molar-refractivity contribution in [3.05, 3.63) is 197 Å². The zero-order chi connectivity index (χ0) is 35.4. The van der Waals surface area contributed by atoms with Crippen molar-refractivity contribution in [3.63, 3.8) is 0 Å². The first-order chi connectivity index (χ1) is 25.5. The molecular weight excluding hydrogens is 631 g/mol. The van der Waals surface area contributed by atoms with Crippen molar-refractivity contribution in [1.29, 1.82) is 0 Å². The summed E-state index contributed by atoms with van der Waals surface area (Å²) in [5.74, 6) is 0.567. The molecule has 1 heterocycles. The van der Waals surface area contributed by atoms with Crippen LogP contribution in [0.2, 0.25) is 0 Å². The number of hydrogen-bond acceptors (Lipinski definition) is 2. The Bertz CT molecular complexity index is 2800. The Labute approximate surface area is 304 Å². The third-order valence-corrected chi connectivity index (χ3v) is 10.8. The smallest absolute Gasteiger partial charge is 0.158 e. The first-order valence-electron chi connectivity index (χ1n) is 17.8. The van der Waals surface area contributed by atoms with Crippen molar-refractivity contribution >= 4 is 45.4 Å². The molecule has 0 radical (unpaired) electrons. The molecule has 3 nitrogen and oxygen atoms in total. The number of amidine groups is 1. The molecule has 0 atom stereocenters. The molecule has 0 saturated heterocycles. The fourth-order valence-electron chi connectivity index (χ4n) is 8.43. The largest absolute Gasteiger partial charge is 0.247 e. The van der Waals surface area contributed by atoms with E-state index in [-0.39, 0.29) is 5.41 Å². The van der Waals surface area contributed by atoms with Crippen LogP contribution in [-0.4, -0.2) is 17.5 Å². The summed E-state index contributed by atoms with van der Waals surface area (Å²) in [6.45, 7) is 12.1. The summed E-state index contributed by atoms with van der Waals surface area (Å²) in [6, 6.07) is 48.3. The highest BCUT2D eigenvalue weighted by molar-refractivity contribution is 6.15. The van der Waals surface area contributed by atoms with Gasteiger partial charge in [0.25, 0.3) is 0 Å². The van der Waals surface area contributed by atoms with Gasteiger partial charge in [0, 0.05) is 28.1 Å². The molecular formula is C49H37N3. The van der Waals surface area contributed by atoms with Crippen LogP contribution in [0.4, 0.5) is 0 Å². The highest BCUT2D eigenvalue weighted by Gasteiger charge is 2.39. The van der Waals surface area contributed by atoms with E-state index in [1.54, 1.807) is 0 Å². The van der Waals surface area contributed by atoms with Crippen molar-refractivity contribution in [2.24, 2.45) is 9.98 Å². The number of nitrogens with zero attached hydrogens (tertiary/aromatic N) is 3. The summed E-state index contributed by atoms with van der Waals surface area (Å²) < 4.78 is 0. The van der Waals surface area contributed by atoms with Gasteiger partial charge in [-0.15, -0.1) is 0 Å². The third-order valence-electron chi connectivity index (χ3n) is 10.8. The summed E-state index contributed by atoms with van der Waals surface area (Å²) in [6.07, 6.45) is 6.90. The Hall–Kier alpha value is -6.45. The molecule has 0 spiro atoms. The fourth-order valence-corrected chi connectivity index (χ4v) is 8.43. The zero-order valence-electron chi connectivity index (χ0n) is 29.4. The average molecular weight is 668 g/mol. The van der Waals surface area contributed by atoms with Gasteiger partial charge in [0.2, 0.25) is 0 Å². The van der Waals surface area contributed by atoms with Gasteiger partial charge in [-0.05, 0) is 84.9 Å². The van der Waals surface area contributed by atoms with Crippen LogP contribution in [0.3, 0.4) is 0 Å².